The van der Waals surface area contributed by atoms with Crippen molar-refractivity contribution in [3.05, 3.63) is 0 Å². The van der Waals surface area contributed by atoms with Crippen molar-refractivity contribution in [2.45, 2.75) is 0 Å². The molecular formula is C3H7Cl2NOSn. The zero-order valence-electron chi connectivity index (χ0n) is 4.69. The van der Waals surface area contributed by atoms with E-state index in [1.54, 1.807) is 14.1 Å². The standard InChI is InChI=1S/C3H7NO.2ClH.Sn/c1-4(2)3-5;;;/h3H,1-2H3;2*1H;/q;;;+2/p-2. The van der Waals surface area contributed by atoms with E-state index in [2.05, 4.69) is 0 Å². The molecular weight excluding hydrogens is 256 g/mol. The number of carbonyl (C=O) groups is 1. The molecule has 0 heterocycles. The molecule has 0 unspecified atom stereocenters. The van der Waals surface area contributed by atoms with Crippen LogP contribution in [0.2, 0.25) is 0 Å². The Morgan fingerprint density at radius 1 is 1.25 bits per heavy atom. The quantitative estimate of drug-likeness (QED) is 0.340. The van der Waals surface area contributed by atoms with Gasteiger partial charge in [0.2, 0.25) is 6.41 Å². The molecule has 0 aromatic rings. The van der Waals surface area contributed by atoms with Crippen LogP contribution in [0.25, 0.3) is 0 Å². The van der Waals surface area contributed by atoms with Crippen molar-refractivity contribution in [3.8, 4) is 0 Å². The molecule has 0 atom stereocenters. The Bertz CT molecular complexity index is 44.3. The van der Waals surface area contributed by atoms with Crippen molar-refractivity contribution in [1.82, 2.24) is 4.90 Å². The number of amides is 1. The fourth-order valence-electron chi connectivity index (χ4n) is 0. The molecule has 2 radical (unpaired) electrons. The van der Waals surface area contributed by atoms with Gasteiger partial charge in [-0.2, -0.15) is 0 Å². The van der Waals surface area contributed by atoms with E-state index >= 15 is 0 Å². The normalized spacial score (nSPS) is 4.25. The molecule has 0 aliphatic rings. The van der Waals surface area contributed by atoms with Gasteiger partial charge >= 0.3 is 23.9 Å². The van der Waals surface area contributed by atoms with E-state index in [1.807, 2.05) is 0 Å². The largest absolute Gasteiger partial charge is 2.00 e. The molecule has 0 N–H and O–H groups in total. The van der Waals surface area contributed by atoms with Gasteiger partial charge in [0.25, 0.3) is 0 Å². The van der Waals surface area contributed by atoms with Crippen LogP contribution in [0.5, 0.6) is 0 Å². The topological polar surface area (TPSA) is 20.3 Å². The van der Waals surface area contributed by atoms with Gasteiger partial charge in [-0.25, -0.2) is 0 Å². The van der Waals surface area contributed by atoms with E-state index < -0.39 is 0 Å². The van der Waals surface area contributed by atoms with E-state index in [1.165, 1.54) is 4.90 Å². The molecule has 0 aromatic heterocycles. The fourth-order valence-corrected chi connectivity index (χ4v) is 0. The summed E-state index contributed by atoms with van der Waals surface area (Å²) < 4.78 is 0. The van der Waals surface area contributed by atoms with E-state index in [-0.39, 0.29) is 48.7 Å². The molecule has 0 aliphatic heterocycles. The molecule has 0 saturated heterocycles. The number of hydrogen-bond acceptors (Lipinski definition) is 1. The van der Waals surface area contributed by atoms with Gasteiger partial charge in [-0.15, -0.1) is 0 Å². The second-order valence-electron chi connectivity index (χ2n) is 1.07. The Balaban J connectivity index is -0.0000000267. The summed E-state index contributed by atoms with van der Waals surface area (Å²) in [7, 11) is 3.38. The van der Waals surface area contributed by atoms with Crippen LogP contribution in [0.1, 0.15) is 0 Å². The summed E-state index contributed by atoms with van der Waals surface area (Å²) >= 11 is 0. The van der Waals surface area contributed by atoms with Gasteiger partial charge in [-0.3, -0.25) is 4.79 Å². The predicted octanol–water partition coefficient (Wildman–Crippen LogP) is -6.67. The number of hydrogen-bond donors (Lipinski definition) is 0. The van der Waals surface area contributed by atoms with Crippen LogP contribution in [0.3, 0.4) is 0 Å². The van der Waals surface area contributed by atoms with Gasteiger partial charge in [-0.05, 0) is 0 Å². The molecule has 1 amide bonds. The van der Waals surface area contributed by atoms with Crippen LogP contribution in [-0.4, -0.2) is 49.3 Å². The third-order valence-electron chi connectivity index (χ3n) is 0.211. The predicted molar refractivity (Wildman–Crippen MR) is 25.5 cm³/mol. The minimum absolute atomic E-state index is 0. The molecule has 48 valence electrons. The average molecular weight is 263 g/mol. The third kappa shape index (κ3) is 28.9. The van der Waals surface area contributed by atoms with Gasteiger partial charge < -0.3 is 29.7 Å². The van der Waals surface area contributed by atoms with Gasteiger partial charge in [0.1, 0.15) is 0 Å². The van der Waals surface area contributed by atoms with Crippen molar-refractivity contribution < 1.29 is 29.6 Å². The maximum Gasteiger partial charge on any atom is 2.00 e. The van der Waals surface area contributed by atoms with Gasteiger partial charge in [0.15, 0.2) is 0 Å². The zero-order valence-corrected chi connectivity index (χ0v) is 9.05. The Hall–Kier alpha value is 0.849. The summed E-state index contributed by atoms with van der Waals surface area (Å²) in [5, 5.41) is 0. The second-order valence-corrected chi connectivity index (χ2v) is 1.07. The monoisotopic (exact) mass is 263 g/mol. The number of halogens is 2. The van der Waals surface area contributed by atoms with Crippen LogP contribution in [0.4, 0.5) is 0 Å². The Labute approximate surface area is 78.8 Å². The Morgan fingerprint density at radius 2 is 1.38 bits per heavy atom. The zero-order chi connectivity index (χ0) is 4.28. The smallest absolute Gasteiger partial charge is 1.00 e. The summed E-state index contributed by atoms with van der Waals surface area (Å²) in [5.74, 6) is 0. The van der Waals surface area contributed by atoms with E-state index in [9.17, 15) is 4.79 Å². The van der Waals surface area contributed by atoms with Crippen LogP contribution >= 0.6 is 0 Å². The summed E-state index contributed by atoms with van der Waals surface area (Å²) in [6.45, 7) is 0. The van der Waals surface area contributed by atoms with Crippen LogP contribution in [-0.2, 0) is 4.79 Å². The van der Waals surface area contributed by atoms with Gasteiger partial charge in [0.05, 0.1) is 0 Å². The van der Waals surface area contributed by atoms with Gasteiger partial charge in [-0.1, -0.05) is 0 Å². The molecule has 8 heavy (non-hydrogen) atoms. The minimum Gasteiger partial charge on any atom is -1.00 e. The number of rotatable bonds is 1. The maximum absolute atomic E-state index is 9.43. The first-order valence-electron chi connectivity index (χ1n) is 1.39. The molecule has 2 nitrogen and oxygen atoms in total. The van der Waals surface area contributed by atoms with E-state index in [4.69, 9.17) is 0 Å². The van der Waals surface area contributed by atoms with Crippen LogP contribution in [0, 0.1) is 0 Å². The Kier molecular flexibility index (Phi) is 45.4. The number of carbonyl (C=O) groups excluding carboxylic acids is 1. The Morgan fingerprint density at radius 3 is 1.38 bits per heavy atom. The van der Waals surface area contributed by atoms with Crippen molar-refractivity contribution in [2.75, 3.05) is 14.1 Å². The SMILES string of the molecule is CN(C)C=O.[Cl-].[Cl-].[Sn+2]. The van der Waals surface area contributed by atoms with Crippen molar-refractivity contribution in [1.29, 1.82) is 0 Å². The van der Waals surface area contributed by atoms with Crippen molar-refractivity contribution in [3.63, 3.8) is 0 Å². The number of nitrogens with zero attached hydrogens (tertiary/aromatic N) is 1. The molecule has 0 bridgehead atoms. The molecule has 0 aromatic carbocycles. The van der Waals surface area contributed by atoms with E-state index in [0.717, 1.165) is 6.41 Å². The molecule has 0 spiro atoms. The molecule has 0 rings (SSSR count). The van der Waals surface area contributed by atoms with Crippen LogP contribution in [0.15, 0.2) is 0 Å². The first kappa shape index (κ1) is 23.2. The summed E-state index contributed by atoms with van der Waals surface area (Å²) in [6, 6.07) is 0. The van der Waals surface area contributed by atoms with Crippen LogP contribution < -0.4 is 24.8 Å². The summed E-state index contributed by atoms with van der Waals surface area (Å²) in [4.78, 5) is 10.9. The van der Waals surface area contributed by atoms with Crippen molar-refractivity contribution in [2.24, 2.45) is 0 Å². The van der Waals surface area contributed by atoms with Crippen molar-refractivity contribution >= 4 is 30.3 Å². The molecule has 0 saturated carbocycles. The first-order chi connectivity index (χ1) is 2.27. The maximum atomic E-state index is 9.43. The molecule has 0 aliphatic carbocycles. The second kappa shape index (κ2) is 15.7. The minimum atomic E-state index is 0. The average Bonchev–Trinajstić information content (AvgIpc) is 1.38. The summed E-state index contributed by atoms with van der Waals surface area (Å²) in [5.41, 5.74) is 0. The molecule has 0 fully saturated rings. The molecule has 5 heteroatoms. The fraction of sp³-hybridized carbons (Fsp3) is 0.667. The van der Waals surface area contributed by atoms with E-state index in [0.29, 0.717) is 0 Å². The van der Waals surface area contributed by atoms with Gasteiger partial charge in [0, 0.05) is 14.1 Å². The third-order valence-corrected chi connectivity index (χ3v) is 0.211. The summed E-state index contributed by atoms with van der Waals surface area (Å²) in [6.07, 6.45) is 0.750. The first-order valence-corrected chi connectivity index (χ1v) is 1.39.